The van der Waals surface area contributed by atoms with Crippen molar-refractivity contribution in [1.29, 1.82) is 0 Å². The first-order chi connectivity index (χ1) is 52.1. The molecule has 108 heavy (non-hydrogen) atoms. The Hall–Kier alpha value is -12.0. The zero-order valence-electron chi connectivity index (χ0n) is 63.2. The molecule has 0 amide bonds. The van der Waals surface area contributed by atoms with Crippen LogP contribution in [0.25, 0.3) is 99.5 Å². The SMILES string of the molecule is CC(C)(C)c1cc(-c2ccc3c(c2)N(c2ccc(-c4ccccc4)c4oc5ccccc5c24)c2cc(C(C)(C)C)cc4c2B3c2c(cc3c5c2Oc2ccc(-c6ccccc6)cc2B5c2cc(-c5ccccc5)cc(C(C)(C)C)c2O3)N4c2ccc(-c3ccccc3)c3oc4ccccc4c23)cc(C(C)(C)C)c1. The van der Waals surface area contributed by atoms with Crippen LogP contribution in [0, 0.1) is 0 Å². The van der Waals surface area contributed by atoms with Gasteiger partial charge in [0, 0.05) is 61.7 Å². The fourth-order valence-corrected chi connectivity index (χ4v) is 17.8. The van der Waals surface area contributed by atoms with Crippen molar-refractivity contribution < 1.29 is 18.3 Å². The van der Waals surface area contributed by atoms with Gasteiger partial charge in [0.15, 0.2) is 0 Å². The maximum absolute atomic E-state index is 8.14. The number of nitrogens with zero attached hydrogens (tertiary/aromatic N) is 2. The van der Waals surface area contributed by atoms with E-state index in [1.807, 2.05) is 0 Å². The third-order valence-electron chi connectivity index (χ3n) is 23.3. The minimum atomic E-state index is -0.421. The molecule has 0 saturated carbocycles. The molecule has 4 aliphatic heterocycles. The summed E-state index contributed by atoms with van der Waals surface area (Å²) in [7, 11) is 0. The zero-order chi connectivity index (χ0) is 73.6. The highest BCUT2D eigenvalue weighted by molar-refractivity contribution is 7.03. The maximum atomic E-state index is 8.14. The van der Waals surface area contributed by atoms with Gasteiger partial charge in [-0.05, 0) is 177 Å². The molecule has 0 bridgehead atoms. The summed E-state index contributed by atoms with van der Waals surface area (Å²) in [5.74, 6) is 3.26. The van der Waals surface area contributed by atoms with E-state index in [2.05, 4.69) is 372 Å². The Kier molecular flexibility index (Phi) is 14.4. The van der Waals surface area contributed by atoms with Crippen LogP contribution in [0.2, 0.25) is 0 Å². The molecule has 0 spiro atoms. The van der Waals surface area contributed by atoms with Crippen molar-refractivity contribution in [3.8, 4) is 78.6 Å². The van der Waals surface area contributed by atoms with Crippen molar-refractivity contribution in [3.63, 3.8) is 0 Å². The highest BCUT2D eigenvalue weighted by Gasteiger charge is 2.52. The summed E-state index contributed by atoms with van der Waals surface area (Å²) in [6, 6.07) is 103. The Morgan fingerprint density at radius 3 is 1.25 bits per heavy atom. The Labute approximate surface area is 633 Å². The van der Waals surface area contributed by atoms with E-state index in [9.17, 15) is 0 Å². The molecule has 0 unspecified atom stereocenters. The first kappa shape index (κ1) is 65.5. The second kappa shape index (κ2) is 23.8. The smallest absolute Gasteiger partial charge is 0.260 e. The van der Waals surface area contributed by atoms with Gasteiger partial charge in [-0.2, -0.15) is 0 Å². The average molecular weight is 1400 g/mol. The van der Waals surface area contributed by atoms with Gasteiger partial charge in [0.2, 0.25) is 0 Å². The molecule has 6 heterocycles. The summed E-state index contributed by atoms with van der Waals surface area (Å²) in [5.41, 5.74) is 31.1. The highest BCUT2D eigenvalue weighted by atomic mass is 16.5. The molecule has 14 aromatic carbocycles. The molecule has 0 N–H and O–H groups in total. The van der Waals surface area contributed by atoms with Crippen LogP contribution < -0.4 is 52.1 Å². The van der Waals surface area contributed by atoms with Crippen molar-refractivity contribution in [2.24, 2.45) is 0 Å². The third-order valence-corrected chi connectivity index (χ3v) is 23.3. The number of hydrogen-bond acceptors (Lipinski definition) is 6. The Balaban J connectivity index is 0.957. The molecular weight excluding hydrogens is 1310 g/mol. The van der Waals surface area contributed by atoms with Crippen LogP contribution in [0.5, 0.6) is 23.0 Å². The van der Waals surface area contributed by atoms with E-state index < -0.39 is 6.71 Å². The van der Waals surface area contributed by atoms with Crippen LogP contribution in [0.15, 0.2) is 288 Å². The monoisotopic (exact) mass is 1400 g/mol. The van der Waals surface area contributed by atoms with Gasteiger partial charge in [0.25, 0.3) is 13.4 Å². The number of furan rings is 2. The van der Waals surface area contributed by atoms with Gasteiger partial charge in [-0.3, -0.25) is 0 Å². The third kappa shape index (κ3) is 10.2. The van der Waals surface area contributed by atoms with Crippen molar-refractivity contribution in [2.75, 3.05) is 9.80 Å². The van der Waals surface area contributed by atoms with E-state index >= 15 is 0 Å². The van der Waals surface area contributed by atoms with Gasteiger partial charge in [0.1, 0.15) is 45.3 Å². The van der Waals surface area contributed by atoms with Crippen molar-refractivity contribution in [3.05, 3.63) is 301 Å². The number of anilines is 6. The minimum Gasteiger partial charge on any atom is -0.459 e. The molecule has 0 atom stereocenters. The van der Waals surface area contributed by atoms with Gasteiger partial charge in [-0.1, -0.05) is 289 Å². The molecular formula is C100H82B2N2O4. The number of benzene rings is 14. The second-order valence-electron chi connectivity index (χ2n) is 34.3. The number of para-hydroxylation sites is 2. The van der Waals surface area contributed by atoms with Crippen LogP contribution in [0.3, 0.4) is 0 Å². The second-order valence-corrected chi connectivity index (χ2v) is 34.3. The maximum Gasteiger partial charge on any atom is 0.260 e. The number of fused-ring (bicyclic) bond motifs is 15. The predicted octanol–water partition coefficient (Wildman–Crippen LogP) is 23.8. The first-order valence-corrected chi connectivity index (χ1v) is 38.2. The number of ether oxygens (including phenoxy) is 2. The van der Waals surface area contributed by atoms with Crippen molar-refractivity contribution in [1.82, 2.24) is 0 Å². The first-order valence-electron chi connectivity index (χ1n) is 38.2. The zero-order valence-corrected chi connectivity index (χ0v) is 63.2. The van der Waals surface area contributed by atoms with E-state index in [0.29, 0.717) is 0 Å². The summed E-state index contributed by atoms with van der Waals surface area (Å²) in [6.07, 6.45) is 0. The molecule has 522 valence electrons. The Bertz CT molecular complexity index is 6390. The lowest BCUT2D eigenvalue weighted by atomic mass is 9.30. The summed E-state index contributed by atoms with van der Waals surface area (Å²) >= 11 is 0. The fraction of sp³-hybridized carbons (Fsp3) is 0.160. The molecule has 8 heteroatoms. The summed E-state index contributed by atoms with van der Waals surface area (Å²) in [6.45, 7) is 27.3. The van der Waals surface area contributed by atoms with Gasteiger partial charge in [-0.25, -0.2) is 0 Å². The topological polar surface area (TPSA) is 51.2 Å². The largest absolute Gasteiger partial charge is 0.459 e. The Morgan fingerprint density at radius 2 is 0.713 bits per heavy atom. The van der Waals surface area contributed by atoms with Crippen LogP contribution in [0.1, 0.15) is 105 Å². The van der Waals surface area contributed by atoms with Crippen LogP contribution in [-0.2, 0) is 21.7 Å². The molecule has 0 saturated heterocycles. The molecule has 16 aromatic rings. The standard InChI is InChI=1S/C100H82B2N2O4/c1-97(2,3)67-49-65(50-68(55-67)98(4,5)6)64-41-45-75-80(54-64)103(78-46-43-70(61-33-21-15-22-34-61)93-88(78)72-37-25-27-39-84(72)105-93)81-56-69(99(7,8)9)57-82-90(81)102(75)91-83(104(82)79-47-44-71(62-35-23-16-24-36-62)94-89(79)73-38-26-28-40-85(73)106-94)58-87-92-96(91)107-86-48-42-63(59-29-17-13-18-30-59)52-76(86)101(92)77-53-66(60-31-19-14-20-32-60)51-74(95(77)108-87)100(10,11)12/h13-58H,1-12H3. The van der Waals surface area contributed by atoms with Gasteiger partial charge in [0.05, 0.1) is 22.1 Å². The van der Waals surface area contributed by atoms with E-state index in [1.165, 1.54) is 22.3 Å². The fourth-order valence-electron chi connectivity index (χ4n) is 17.8. The normalized spacial score (nSPS) is 13.6. The molecule has 0 fully saturated rings. The van der Waals surface area contributed by atoms with E-state index in [1.54, 1.807) is 0 Å². The van der Waals surface area contributed by atoms with Crippen LogP contribution in [-0.4, -0.2) is 13.4 Å². The number of hydrogen-bond donors (Lipinski definition) is 0. The quantitative estimate of drug-likeness (QED) is 0.148. The molecule has 4 aliphatic rings. The van der Waals surface area contributed by atoms with E-state index in [-0.39, 0.29) is 28.4 Å². The lowest BCUT2D eigenvalue weighted by Gasteiger charge is -2.47. The summed E-state index contributed by atoms with van der Waals surface area (Å²) < 4.78 is 30.7. The molecule has 6 nitrogen and oxygen atoms in total. The van der Waals surface area contributed by atoms with E-state index in [0.717, 1.165) is 189 Å². The van der Waals surface area contributed by atoms with E-state index in [4.69, 9.17) is 18.3 Å². The van der Waals surface area contributed by atoms with Gasteiger partial charge >= 0.3 is 0 Å². The molecule has 0 radical (unpaired) electrons. The van der Waals surface area contributed by atoms with Crippen molar-refractivity contribution in [2.45, 2.75) is 105 Å². The molecule has 2 aromatic heterocycles. The summed E-state index contributed by atoms with van der Waals surface area (Å²) in [5, 5.41) is 4.12. The lowest BCUT2D eigenvalue weighted by Crippen LogP contribution is -2.65. The number of rotatable bonds is 7. The molecule has 20 rings (SSSR count). The van der Waals surface area contributed by atoms with Crippen LogP contribution in [0.4, 0.5) is 34.1 Å². The summed E-state index contributed by atoms with van der Waals surface area (Å²) in [4.78, 5) is 5.20. The van der Waals surface area contributed by atoms with Gasteiger partial charge in [-0.15, -0.1) is 0 Å². The predicted molar refractivity (Wildman–Crippen MR) is 455 cm³/mol. The minimum absolute atomic E-state index is 0.126. The highest BCUT2D eigenvalue weighted by Crippen LogP contribution is 2.56. The van der Waals surface area contributed by atoms with Crippen molar-refractivity contribution >= 4 is 124 Å². The molecule has 0 aliphatic carbocycles. The van der Waals surface area contributed by atoms with Gasteiger partial charge < -0.3 is 28.1 Å². The lowest BCUT2D eigenvalue weighted by molar-refractivity contribution is 0.450. The van der Waals surface area contributed by atoms with Crippen LogP contribution >= 0.6 is 0 Å². The average Bonchev–Trinajstić information content (AvgIpc) is 0.843. The Morgan fingerprint density at radius 1 is 0.269 bits per heavy atom.